The maximum Gasteiger partial charge on any atom is 0.337 e. The van der Waals surface area contributed by atoms with Crippen LogP contribution in [0, 0.1) is 0 Å². The molecule has 5 heteroatoms. The van der Waals surface area contributed by atoms with Gasteiger partial charge in [0.15, 0.2) is 5.58 Å². The molecule has 0 saturated heterocycles. The normalized spacial score (nSPS) is 10.5. The highest BCUT2D eigenvalue weighted by molar-refractivity contribution is 6.38. The number of aromatic nitrogens is 1. The Morgan fingerprint density at radius 2 is 2.31 bits per heavy atom. The lowest BCUT2D eigenvalue weighted by Crippen LogP contribution is -1.96. The molecule has 0 atom stereocenters. The second-order valence-electron chi connectivity index (χ2n) is 2.47. The molecule has 66 valence electrons. The molecule has 1 aromatic carbocycles. The Morgan fingerprint density at radius 1 is 1.54 bits per heavy atom. The smallest absolute Gasteiger partial charge is 0.337 e. The Kier molecular flexibility index (Phi) is 1.70. The summed E-state index contributed by atoms with van der Waals surface area (Å²) in [6, 6.07) is 2.91. The van der Waals surface area contributed by atoms with Crippen LogP contribution in [0.15, 0.2) is 22.9 Å². The van der Waals surface area contributed by atoms with Gasteiger partial charge in [0.25, 0.3) is 0 Å². The van der Waals surface area contributed by atoms with Crippen molar-refractivity contribution >= 4 is 28.5 Å². The second kappa shape index (κ2) is 2.74. The number of halogens is 1. The average Bonchev–Trinajstić information content (AvgIpc) is 2.52. The molecule has 1 N–H and O–H groups in total. The molecular weight excluding hydrogens is 194 g/mol. The first-order chi connectivity index (χ1) is 6.20. The van der Waals surface area contributed by atoms with Gasteiger partial charge in [0.05, 0.1) is 22.2 Å². The van der Waals surface area contributed by atoms with Crippen LogP contribution in [0.1, 0.15) is 10.4 Å². The minimum absolute atomic E-state index is 0.0531. The highest BCUT2D eigenvalue weighted by atomic mass is 35.5. The molecule has 0 fully saturated rings. The summed E-state index contributed by atoms with van der Waals surface area (Å²) in [5, 5.41) is 12.9. The van der Waals surface area contributed by atoms with Crippen LogP contribution < -0.4 is 0 Å². The van der Waals surface area contributed by atoms with Crippen molar-refractivity contribution in [3.05, 3.63) is 28.9 Å². The Hall–Kier alpha value is -1.55. The molecule has 0 bridgehead atoms. The average molecular weight is 198 g/mol. The lowest BCUT2D eigenvalue weighted by atomic mass is 10.2. The first kappa shape index (κ1) is 8.07. The molecule has 13 heavy (non-hydrogen) atoms. The largest absolute Gasteiger partial charge is 0.478 e. The van der Waals surface area contributed by atoms with Crippen LogP contribution in [0.25, 0.3) is 11.0 Å². The van der Waals surface area contributed by atoms with Crippen LogP contribution in [-0.4, -0.2) is 16.2 Å². The van der Waals surface area contributed by atoms with Gasteiger partial charge in [-0.05, 0) is 12.1 Å². The number of carboxylic acids is 1. The van der Waals surface area contributed by atoms with E-state index in [1.165, 1.54) is 18.3 Å². The van der Waals surface area contributed by atoms with Crippen molar-refractivity contribution in [3.8, 4) is 0 Å². The summed E-state index contributed by atoms with van der Waals surface area (Å²) in [6.45, 7) is 0. The van der Waals surface area contributed by atoms with Crippen molar-refractivity contribution in [3.63, 3.8) is 0 Å². The molecule has 0 radical (unpaired) electrons. The van der Waals surface area contributed by atoms with Crippen LogP contribution in [0.2, 0.25) is 5.02 Å². The molecular formula is C8H4ClNO3. The van der Waals surface area contributed by atoms with E-state index in [0.29, 0.717) is 11.0 Å². The summed E-state index contributed by atoms with van der Waals surface area (Å²) >= 11 is 5.80. The van der Waals surface area contributed by atoms with Gasteiger partial charge in [0, 0.05) is 0 Å². The summed E-state index contributed by atoms with van der Waals surface area (Å²) in [5.41, 5.74) is 0.535. The first-order valence-corrected chi connectivity index (χ1v) is 3.84. The topological polar surface area (TPSA) is 63.3 Å². The van der Waals surface area contributed by atoms with Crippen molar-refractivity contribution in [1.82, 2.24) is 5.16 Å². The third kappa shape index (κ3) is 1.15. The Morgan fingerprint density at radius 3 is 3.00 bits per heavy atom. The van der Waals surface area contributed by atoms with E-state index in [2.05, 4.69) is 5.16 Å². The SMILES string of the molecule is O=C(O)c1ccc2oncc2c1Cl. The van der Waals surface area contributed by atoms with Gasteiger partial charge in [-0.2, -0.15) is 0 Å². The number of aromatic carboxylic acids is 1. The van der Waals surface area contributed by atoms with Gasteiger partial charge in [-0.25, -0.2) is 4.79 Å². The first-order valence-electron chi connectivity index (χ1n) is 3.46. The number of carboxylic acid groups (broad SMARTS) is 1. The van der Waals surface area contributed by atoms with E-state index < -0.39 is 5.97 Å². The summed E-state index contributed by atoms with van der Waals surface area (Å²) < 4.78 is 4.81. The van der Waals surface area contributed by atoms with E-state index in [1.807, 2.05) is 0 Å². The molecule has 0 saturated carbocycles. The van der Waals surface area contributed by atoms with Gasteiger partial charge in [-0.3, -0.25) is 0 Å². The minimum atomic E-state index is -1.06. The zero-order valence-electron chi connectivity index (χ0n) is 6.32. The van der Waals surface area contributed by atoms with Crippen molar-refractivity contribution in [1.29, 1.82) is 0 Å². The van der Waals surface area contributed by atoms with E-state index in [9.17, 15) is 4.79 Å². The monoisotopic (exact) mass is 197 g/mol. The molecule has 1 heterocycles. The van der Waals surface area contributed by atoms with Crippen LogP contribution in [0.4, 0.5) is 0 Å². The van der Waals surface area contributed by atoms with Gasteiger partial charge in [-0.1, -0.05) is 16.8 Å². The number of benzene rings is 1. The van der Waals surface area contributed by atoms with E-state index in [-0.39, 0.29) is 10.6 Å². The summed E-state index contributed by atoms with van der Waals surface area (Å²) in [6.07, 6.45) is 1.39. The molecule has 4 nitrogen and oxygen atoms in total. The van der Waals surface area contributed by atoms with Crippen molar-refractivity contribution in [2.75, 3.05) is 0 Å². The maximum atomic E-state index is 10.7. The van der Waals surface area contributed by atoms with Gasteiger partial charge in [-0.15, -0.1) is 0 Å². The zero-order chi connectivity index (χ0) is 9.42. The number of hydrogen-bond donors (Lipinski definition) is 1. The molecule has 1 aromatic heterocycles. The zero-order valence-corrected chi connectivity index (χ0v) is 7.08. The second-order valence-corrected chi connectivity index (χ2v) is 2.85. The highest BCUT2D eigenvalue weighted by Crippen LogP contribution is 2.26. The third-order valence-electron chi connectivity index (χ3n) is 1.70. The fraction of sp³-hybridized carbons (Fsp3) is 0. The molecule has 0 spiro atoms. The van der Waals surface area contributed by atoms with Gasteiger partial charge >= 0.3 is 5.97 Å². The summed E-state index contributed by atoms with van der Waals surface area (Å²) in [5.74, 6) is -1.06. The standard InChI is InChI=1S/C8H4ClNO3/c9-7-4(8(11)12)1-2-6-5(7)3-10-13-6/h1-3H,(H,11,12). The van der Waals surface area contributed by atoms with Crippen LogP contribution >= 0.6 is 11.6 Å². The third-order valence-corrected chi connectivity index (χ3v) is 2.11. The van der Waals surface area contributed by atoms with Crippen molar-refractivity contribution in [2.24, 2.45) is 0 Å². The Balaban J connectivity index is 2.80. The van der Waals surface area contributed by atoms with E-state index in [0.717, 1.165) is 0 Å². The minimum Gasteiger partial charge on any atom is -0.478 e. The van der Waals surface area contributed by atoms with Crippen LogP contribution in [0.5, 0.6) is 0 Å². The maximum absolute atomic E-state index is 10.7. The number of carbonyl (C=O) groups is 1. The number of hydrogen-bond acceptors (Lipinski definition) is 3. The van der Waals surface area contributed by atoms with Gasteiger partial charge in [0.1, 0.15) is 0 Å². The molecule has 2 aromatic rings. The number of fused-ring (bicyclic) bond motifs is 1. The summed E-state index contributed by atoms with van der Waals surface area (Å²) in [4.78, 5) is 10.7. The van der Waals surface area contributed by atoms with E-state index in [4.69, 9.17) is 21.2 Å². The molecule has 2 rings (SSSR count). The van der Waals surface area contributed by atoms with Gasteiger partial charge in [0.2, 0.25) is 0 Å². The predicted molar refractivity (Wildman–Crippen MR) is 46.0 cm³/mol. The fourth-order valence-electron chi connectivity index (χ4n) is 1.08. The van der Waals surface area contributed by atoms with Crippen molar-refractivity contribution < 1.29 is 14.4 Å². The fourth-order valence-corrected chi connectivity index (χ4v) is 1.36. The number of rotatable bonds is 1. The van der Waals surface area contributed by atoms with Gasteiger partial charge < -0.3 is 9.63 Å². The molecule has 0 unspecified atom stereocenters. The Labute approximate surface area is 77.7 Å². The number of nitrogens with zero attached hydrogens (tertiary/aromatic N) is 1. The summed E-state index contributed by atoms with van der Waals surface area (Å²) in [7, 11) is 0. The molecule has 0 amide bonds. The molecule has 0 aliphatic heterocycles. The van der Waals surface area contributed by atoms with Crippen LogP contribution in [-0.2, 0) is 0 Å². The van der Waals surface area contributed by atoms with E-state index in [1.54, 1.807) is 0 Å². The quantitative estimate of drug-likeness (QED) is 0.761. The van der Waals surface area contributed by atoms with Crippen molar-refractivity contribution in [2.45, 2.75) is 0 Å². The molecule has 0 aliphatic carbocycles. The molecule has 0 aliphatic rings. The van der Waals surface area contributed by atoms with E-state index >= 15 is 0 Å². The highest BCUT2D eigenvalue weighted by Gasteiger charge is 2.13. The Bertz CT molecular complexity index is 477. The lowest BCUT2D eigenvalue weighted by Gasteiger charge is -1.96. The van der Waals surface area contributed by atoms with Crippen LogP contribution in [0.3, 0.4) is 0 Å². The predicted octanol–water partition coefficient (Wildman–Crippen LogP) is 2.18. The lowest BCUT2D eigenvalue weighted by molar-refractivity contribution is 0.0697.